The van der Waals surface area contributed by atoms with Crippen LogP contribution in [0.3, 0.4) is 0 Å². The molecular formula is C85H70Br3Cl3IN15O11. The van der Waals surface area contributed by atoms with Gasteiger partial charge in [0.05, 0.1) is 34.9 Å². The third-order valence-electron chi connectivity index (χ3n) is 19.9. The van der Waals surface area contributed by atoms with Crippen molar-refractivity contribution >= 4 is 153 Å². The molecule has 0 saturated heterocycles. The maximum absolute atomic E-state index is 13.0. The Morgan fingerprint density at radius 1 is 0.441 bits per heavy atom. The van der Waals surface area contributed by atoms with E-state index in [4.69, 9.17) is 101 Å². The molecule has 12 heterocycles. The lowest BCUT2D eigenvalue weighted by Gasteiger charge is -2.39. The van der Waals surface area contributed by atoms with Crippen molar-refractivity contribution in [2.45, 2.75) is 86.5 Å². The summed E-state index contributed by atoms with van der Waals surface area (Å²) in [6, 6.07) is 51.3. The van der Waals surface area contributed by atoms with Crippen molar-refractivity contribution in [2.24, 2.45) is 37.9 Å². The topological polar surface area (TPSA) is 383 Å². The number of aliphatic imine (C=N–C) groups is 3. The average molecular weight is 1950 g/mol. The Morgan fingerprint density at radius 3 is 1.19 bits per heavy atom. The number of primary amides is 1. The summed E-state index contributed by atoms with van der Waals surface area (Å²) >= 11 is 30.1. The lowest BCUT2D eigenvalue weighted by atomic mass is 9.78. The van der Waals surface area contributed by atoms with Crippen LogP contribution in [0.25, 0.3) is 0 Å². The van der Waals surface area contributed by atoms with Crippen molar-refractivity contribution in [2.75, 3.05) is 19.8 Å². The molecule has 33 heteroatoms. The molecule has 3 amide bonds. The van der Waals surface area contributed by atoms with Crippen molar-refractivity contribution in [3.63, 3.8) is 0 Å². The van der Waals surface area contributed by atoms with Gasteiger partial charge in [-0.1, -0.05) is 96.2 Å². The molecule has 0 unspecified atom stereocenters. The van der Waals surface area contributed by atoms with Gasteiger partial charge < -0.3 is 51.4 Å². The Hall–Kier alpha value is -10.7. The van der Waals surface area contributed by atoms with E-state index in [1.165, 1.54) is 37.5 Å². The first kappa shape index (κ1) is 83.8. The van der Waals surface area contributed by atoms with Gasteiger partial charge in [-0.2, -0.15) is 0 Å². The van der Waals surface area contributed by atoms with E-state index in [0.717, 1.165) is 74.3 Å². The molecular weight excluding hydrogens is 1880 g/mol. The van der Waals surface area contributed by atoms with Gasteiger partial charge in [-0.3, -0.25) is 44.6 Å². The molecule has 1 fully saturated rings. The van der Waals surface area contributed by atoms with Crippen molar-refractivity contribution in [1.82, 2.24) is 40.5 Å². The molecule has 26 nitrogen and oxygen atoms in total. The van der Waals surface area contributed by atoms with Gasteiger partial charge in [0.1, 0.15) is 50.9 Å². The highest BCUT2D eigenvalue weighted by molar-refractivity contribution is 14.1. The summed E-state index contributed by atoms with van der Waals surface area (Å²) in [6.07, 6.45) is 16.1. The number of pyridine rings is 6. The van der Waals surface area contributed by atoms with E-state index >= 15 is 0 Å². The van der Waals surface area contributed by atoms with Gasteiger partial charge >= 0.3 is 0 Å². The number of carbonyl (C=O) groups excluding carboxylic acids is 5. The molecule has 6 aromatic heterocycles. The van der Waals surface area contributed by atoms with Crippen LogP contribution in [0, 0.1) is 3.57 Å². The first-order valence-electron chi connectivity index (χ1n) is 36.9. The first-order chi connectivity index (χ1) is 56.9. The zero-order valence-corrected chi connectivity index (χ0v) is 71.4. The Bertz CT molecular complexity index is 5700. The number of nitrogens with two attached hydrogens (primary N) is 4. The molecule has 118 heavy (non-hydrogen) atoms. The van der Waals surface area contributed by atoms with Gasteiger partial charge in [-0.05, 0) is 216 Å². The summed E-state index contributed by atoms with van der Waals surface area (Å²) in [5.41, 5.74) is 28.0. The van der Waals surface area contributed by atoms with Crippen LogP contribution in [0.2, 0.25) is 15.1 Å². The number of fused-ring (bicyclic) bond motifs is 12. The van der Waals surface area contributed by atoms with Crippen LogP contribution in [0.15, 0.2) is 235 Å². The quantitative estimate of drug-likeness (QED) is 0.0577. The number of hydrogen-bond donors (Lipinski definition) is 6. The van der Waals surface area contributed by atoms with Crippen LogP contribution in [-0.2, 0) is 43.7 Å². The maximum atomic E-state index is 13.0. The number of rotatable bonds is 9. The third kappa shape index (κ3) is 19.2. The normalized spacial score (nSPS) is 19.0. The molecule has 7 aliphatic rings. The molecule has 3 spiro atoms. The highest BCUT2D eigenvalue weighted by atomic mass is 127. The SMILES string of the molecule is NC(=O)c1ccc(Cl)cn1.NC1=N[C@@]2(CCO1)c1cc(CC(=O)c3ccc(Cl)cn3)ccc1Oc1ncc(Br)cc12.N[C@H]1CCCC[C@@H]1N.O=C(NC1=N[C@@]2(CCO1)c1cc(CC(=O)c3ccc(Cl)cn3)ccc1Oc1ncc(Br)cc12)c1ccccc1.O=C(NC1=N[C@@]2(CCO1)c1cc(I)ccc1Oc1ncc(Br)cc12)c1ccccc1. The summed E-state index contributed by atoms with van der Waals surface area (Å²) in [7, 11) is 0. The fourth-order valence-corrected chi connectivity index (χ4v) is 15.9. The predicted molar refractivity (Wildman–Crippen MR) is 463 cm³/mol. The Balaban J connectivity index is 0.000000132. The monoisotopic (exact) mass is 1950 g/mol. The maximum Gasteiger partial charge on any atom is 0.292 e. The van der Waals surface area contributed by atoms with Crippen LogP contribution in [-0.4, -0.2) is 109 Å². The number of carbonyl (C=O) groups is 5. The molecule has 1 saturated carbocycles. The molecule has 18 rings (SSSR count). The van der Waals surface area contributed by atoms with E-state index in [2.05, 4.69) is 117 Å². The van der Waals surface area contributed by atoms with Gasteiger partial charge in [-0.15, -0.1) is 0 Å². The largest absolute Gasteiger partial charge is 0.465 e. The summed E-state index contributed by atoms with van der Waals surface area (Å²) < 4.78 is 38.7. The summed E-state index contributed by atoms with van der Waals surface area (Å²) in [5, 5.41) is 7.05. The Kier molecular flexibility index (Phi) is 26.3. The number of ketones is 2. The molecule has 0 radical (unpaired) electrons. The summed E-state index contributed by atoms with van der Waals surface area (Å²) in [4.78, 5) is 102. The number of amidine groups is 3. The zero-order valence-electron chi connectivity index (χ0n) is 62.2. The zero-order chi connectivity index (χ0) is 82.8. The fraction of sp³-hybridized carbons (Fsp3) is 0.200. The van der Waals surface area contributed by atoms with Gasteiger partial charge in [-0.25, -0.2) is 34.9 Å². The van der Waals surface area contributed by atoms with Gasteiger partial charge in [0.25, 0.3) is 35.8 Å². The van der Waals surface area contributed by atoms with Crippen molar-refractivity contribution < 1.29 is 52.4 Å². The molecule has 0 bridgehead atoms. The number of aromatic nitrogens is 6. The van der Waals surface area contributed by atoms with Crippen molar-refractivity contribution in [3.05, 3.63) is 312 Å². The summed E-state index contributed by atoms with van der Waals surface area (Å²) in [6.45, 7) is 1.08. The van der Waals surface area contributed by atoms with E-state index in [9.17, 15) is 24.0 Å². The van der Waals surface area contributed by atoms with Gasteiger partial charge in [0, 0.05) is 143 Å². The smallest absolute Gasteiger partial charge is 0.292 e. The number of nitrogens with zero attached hydrogens (tertiary/aromatic N) is 9. The van der Waals surface area contributed by atoms with E-state index in [-0.39, 0.29) is 78.7 Å². The highest BCUT2D eigenvalue weighted by Crippen LogP contribution is 2.55. The predicted octanol–water partition coefficient (Wildman–Crippen LogP) is 16.3. The molecule has 5 atom stereocenters. The lowest BCUT2D eigenvalue weighted by Crippen LogP contribution is -2.43. The van der Waals surface area contributed by atoms with E-state index in [1.807, 2.05) is 91.0 Å². The molecule has 10 N–H and O–H groups in total. The molecule has 5 aromatic carbocycles. The number of hydrogen-bond acceptors (Lipinski definition) is 23. The molecule has 600 valence electrons. The highest BCUT2D eigenvalue weighted by Gasteiger charge is 2.49. The van der Waals surface area contributed by atoms with Crippen LogP contribution >= 0.6 is 105 Å². The van der Waals surface area contributed by atoms with Gasteiger partial charge in [0.15, 0.2) is 11.6 Å². The second-order valence-corrected chi connectivity index (χ2v) is 33.0. The number of Topliss-reactive ketones (excluding diaryl/α,β-unsaturated/α-hetero) is 2. The van der Waals surface area contributed by atoms with Gasteiger partial charge in [0.2, 0.25) is 17.6 Å². The fourth-order valence-electron chi connectivity index (χ4n) is 14.1. The lowest BCUT2D eigenvalue weighted by molar-refractivity contribution is 0.0949. The first-order valence-corrected chi connectivity index (χ1v) is 41.5. The minimum atomic E-state index is -0.963. The number of amides is 3. The Labute approximate surface area is 730 Å². The van der Waals surface area contributed by atoms with Crippen molar-refractivity contribution in [1.29, 1.82) is 0 Å². The molecule has 11 aromatic rings. The number of halogens is 7. The second-order valence-electron chi connectivity index (χ2n) is 27.7. The minimum absolute atomic E-state index is 0.0979. The minimum Gasteiger partial charge on any atom is -0.465 e. The number of ether oxygens (including phenoxy) is 6. The number of nitrogens with one attached hydrogen (secondary N) is 2. The van der Waals surface area contributed by atoms with E-state index in [1.54, 1.807) is 85.3 Å². The van der Waals surface area contributed by atoms with Crippen LogP contribution in [0.1, 0.15) is 142 Å². The van der Waals surface area contributed by atoms with Crippen molar-refractivity contribution in [3.8, 4) is 34.9 Å². The van der Waals surface area contributed by atoms with E-state index in [0.29, 0.717) is 105 Å². The second kappa shape index (κ2) is 37.1. The van der Waals surface area contributed by atoms with Crippen LogP contribution < -0.4 is 47.8 Å². The Morgan fingerprint density at radius 2 is 0.814 bits per heavy atom. The standard InChI is InChI=1S/C29H20BrClN4O4.C22H16BrClN4O3.C22H15BrIN3O3.C6H5ClN2O.C6H14N2/c30-19-14-22-27(33-15-19)39-25-9-6-17(13-24(36)23-8-7-20(31)16-32-23)12-21(25)29(22)10-11-38-28(35-29)34-26(37)18-4-2-1-3-5-18;23-13-9-16-20(27-10-13)31-19-4-1-12(8-18(29)17-3-2-14(24)11-26-17)7-15(19)22(16)5-6-30-21(25)28-22;23-14-10-17-20(25-12-14)30-18-7-6-15(24)11-16(18)22(17)8-9-29-21(27-22)26-19(28)13-4-2-1-3-5-13;7-4-1-2-5(6(8)10)9-3-4;7-5-3-1-2-4-6(5)8/h1-9,12,14-16H,10-11,13H2,(H,34,35,37);1-4,7,9-11H,5-6,8H2,(H2,25,28);1-7,10-12H,8-9H2,(H,26,27,28);1-3H,(H2,8,10);5-6H,1-4,7-8H2/t29-;2*22-;;5-,6-/m000.0/s1. The molecule has 6 aliphatic heterocycles. The van der Waals surface area contributed by atoms with E-state index < -0.39 is 22.5 Å². The number of benzene rings is 5. The molecule has 1 aliphatic carbocycles. The summed E-state index contributed by atoms with van der Waals surface area (Å²) in [5.74, 6) is 1.90. The third-order valence-corrected chi connectivity index (χ3v) is 22.5. The van der Waals surface area contributed by atoms with Crippen LogP contribution in [0.4, 0.5) is 0 Å². The average Bonchev–Trinajstić information content (AvgIpc) is 0.735. The van der Waals surface area contributed by atoms with Crippen LogP contribution in [0.5, 0.6) is 34.9 Å².